The lowest BCUT2D eigenvalue weighted by molar-refractivity contribution is 0.123. The molecular weight excluding hydrogens is 210 g/mol. The van der Waals surface area contributed by atoms with Crippen LogP contribution in [-0.4, -0.2) is 19.8 Å². The summed E-state index contributed by atoms with van der Waals surface area (Å²) >= 11 is 0. The maximum atomic E-state index is 5.57. The second-order valence-electron chi connectivity index (χ2n) is 4.88. The molecule has 1 aromatic rings. The van der Waals surface area contributed by atoms with Gasteiger partial charge in [0.05, 0.1) is 6.61 Å². The fraction of sp³-hybridized carbons (Fsp3) is 0.600. The number of hydrogen-bond donors (Lipinski definition) is 1. The second kappa shape index (κ2) is 8.26. The van der Waals surface area contributed by atoms with Crippen molar-refractivity contribution in [2.75, 3.05) is 19.8 Å². The summed E-state index contributed by atoms with van der Waals surface area (Å²) in [6.07, 6.45) is 1.15. The molecule has 0 aliphatic rings. The highest BCUT2D eigenvalue weighted by atomic mass is 16.5. The molecular formula is C15H25NO. The molecule has 0 heterocycles. The first kappa shape index (κ1) is 14.2. The minimum atomic E-state index is 0.393. The summed E-state index contributed by atoms with van der Waals surface area (Å²) in [7, 11) is 0. The van der Waals surface area contributed by atoms with E-state index in [1.807, 2.05) is 6.07 Å². The molecule has 0 saturated carbocycles. The fourth-order valence-electron chi connectivity index (χ4n) is 1.63. The Balaban J connectivity index is 2.07. The third-order valence-corrected chi connectivity index (χ3v) is 2.84. The number of rotatable bonds is 8. The normalized spacial score (nSPS) is 12.9. The molecule has 1 unspecified atom stereocenters. The van der Waals surface area contributed by atoms with Crippen LogP contribution in [0.1, 0.15) is 38.8 Å². The first-order valence-electron chi connectivity index (χ1n) is 6.56. The Hall–Kier alpha value is -0.860. The van der Waals surface area contributed by atoms with Gasteiger partial charge in [0, 0.05) is 19.2 Å². The van der Waals surface area contributed by atoms with Crippen LogP contribution in [-0.2, 0) is 4.74 Å². The minimum Gasteiger partial charge on any atom is -0.380 e. The summed E-state index contributed by atoms with van der Waals surface area (Å²) in [4.78, 5) is 0. The Labute approximate surface area is 105 Å². The highest BCUT2D eigenvalue weighted by Crippen LogP contribution is 2.10. The minimum absolute atomic E-state index is 0.393. The molecule has 96 valence electrons. The van der Waals surface area contributed by atoms with Gasteiger partial charge in [0.2, 0.25) is 0 Å². The van der Waals surface area contributed by atoms with E-state index in [4.69, 9.17) is 4.74 Å². The summed E-state index contributed by atoms with van der Waals surface area (Å²) < 4.78 is 5.57. The topological polar surface area (TPSA) is 21.3 Å². The SMILES string of the molecule is CC(C)CCOCCNC(C)c1ccccc1. The number of benzene rings is 1. The van der Waals surface area contributed by atoms with Crippen LogP contribution in [0.4, 0.5) is 0 Å². The highest BCUT2D eigenvalue weighted by Gasteiger charge is 2.02. The van der Waals surface area contributed by atoms with Gasteiger partial charge in [0.25, 0.3) is 0 Å². The van der Waals surface area contributed by atoms with Gasteiger partial charge in [0.1, 0.15) is 0 Å². The molecule has 2 heteroatoms. The largest absolute Gasteiger partial charge is 0.380 e. The average molecular weight is 235 g/mol. The molecule has 1 atom stereocenters. The number of hydrogen-bond acceptors (Lipinski definition) is 2. The van der Waals surface area contributed by atoms with Crippen LogP contribution >= 0.6 is 0 Å². The van der Waals surface area contributed by atoms with E-state index in [0.717, 1.165) is 32.1 Å². The van der Waals surface area contributed by atoms with E-state index in [-0.39, 0.29) is 0 Å². The Morgan fingerprint density at radius 1 is 1.06 bits per heavy atom. The van der Waals surface area contributed by atoms with Gasteiger partial charge in [-0.1, -0.05) is 44.2 Å². The van der Waals surface area contributed by atoms with E-state index >= 15 is 0 Å². The predicted molar refractivity (Wildman–Crippen MR) is 73.1 cm³/mol. The lowest BCUT2D eigenvalue weighted by Crippen LogP contribution is -2.23. The second-order valence-corrected chi connectivity index (χ2v) is 4.88. The van der Waals surface area contributed by atoms with E-state index in [9.17, 15) is 0 Å². The molecule has 0 radical (unpaired) electrons. The first-order valence-corrected chi connectivity index (χ1v) is 6.56. The van der Waals surface area contributed by atoms with Gasteiger partial charge >= 0.3 is 0 Å². The highest BCUT2D eigenvalue weighted by molar-refractivity contribution is 5.17. The maximum absolute atomic E-state index is 5.57. The summed E-state index contributed by atoms with van der Waals surface area (Å²) in [5.74, 6) is 0.728. The van der Waals surface area contributed by atoms with Gasteiger partial charge < -0.3 is 10.1 Å². The van der Waals surface area contributed by atoms with Crippen molar-refractivity contribution in [1.82, 2.24) is 5.32 Å². The molecule has 0 bridgehead atoms. The molecule has 0 fully saturated rings. The summed E-state index contributed by atoms with van der Waals surface area (Å²) in [6.45, 7) is 9.21. The van der Waals surface area contributed by atoms with Crippen molar-refractivity contribution in [1.29, 1.82) is 0 Å². The first-order chi connectivity index (χ1) is 8.20. The smallest absolute Gasteiger partial charge is 0.0591 e. The van der Waals surface area contributed by atoms with Crippen LogP contribution in [0.2, 0.25) is 0 Å². The molecule has 0 spiro atoms. The maximum Gasteiger partial charge on any atom is 0.0591 e. The molecule has 0 aromatic heterocycles. The molecule has 1 rings (SSSR count). The van der Waals surface area contributed by atoms with Crippen LogP contribution in [0.3, 0.4) is 0 Å². The molecule has 2 nitrogen and oxygen atoms in total. The summed E-state index contributed by atoms with van der Waals surface area (Å²) in [5, 5.41) is 3.46. The van der Waals surface area contributed by atoms with Crippen molar-refractivity contribution >= 4 is 0 Å². The Morgan fingerprint density at radius 3 is 2.41 bits per heavy atom. The van der Waals surface area contributed by atoms with E-state index < -0.39 is 0 Å². The molecule has 0 aliphatic carbocycles. The molecule has 1 N–H and O–H groups in total. The van der Waals surface area contributed by atoms with Gasteiger partial charge in [-0.05, 0) is 24.8 Å². The van der Waals surface area contributed by atoms with E-state index in [1.165, 1.54) is 5.56 Å². The van der Waals surface area contributed by atoms with Crippen LogP contribution in [0.25, 0.3) is 0 Å². The van der Waals surface area contributed by atoms with Gasteiger partial charge in [-0.2, -0.15) is 0 Å². The zero-order chi connectivity index (χ0) is 12.5. The Morgan fingerprint density at radius 2 is 1.76 bits per heavy atom. The molecule has 17 heavy (non-hydrogen) atoms. The molecule has 0 amide bonds. The van der Waals surface area contributed by atoms with Crippen molar-refractivity contribution in [3.05, 3.63) is 35.9 Å². The van der Waals surface area contributed by atoms with Crippen LogP contribution in [0.15, 0.2) is 30.3 Å². The van der Waals surface area contributed by atoms with Crippen LogP contribution < -0.4 is 5.32 Å². The van der Waals surface area contributed by atoms with Crippen LogP contribution in [0.5, 0.6) is 0 Å². The Bertz CT molecular complexity index is 284. The molecule has 1 aromatic carbocycles. The van der Waals surface area contributed by atoms with E-state index in [2.05, 4.69) is 50.4 Å². The lowest BCUT2D eigenvalue weighted by Gasteiger charge is -2.14. The van der Waals surface area contributed by atoms with Crippen molar-refractivity contribution in [2.24, 2.45) is 5.92 Å². The number of ether oxygens (including phenoxy) is 1. The van der Waals surface area contributed by atoms with Gasteiger partial charge in [-0.25, -0.2) is 0 Å². The third kappa shape index (κ3) is 6.44. The predicted octanol–water partition coefficient (Wildman–Crippen LogP) is 3.40. The standard InChI is InChI=1S/C15H25NO/c1-13(2)9-11-17-12-10-16-14(3)15-7-5-4-6-8-15/h4-8,13-14,16H,9-12H2,1-3H3. The summed E-state index contributed by atoms with van der Waals surface area (Å²) in [6, 6.07) is 10.9. The van der Waals surface area contributed by atoms with Crippen molar-refractivity contribution in [2.45, 2.75) is 33.2 Å². The lowest BCUT2D eigenvalue weighted by atomic mass is 10.1. The monoisotopic (exact) mass is 235 g/mol. The Kier molecular flexibility index (Phi) is 6.90. The van der Waals surface area contributed by atoms with Crippen molar-refractivity contribution in [3.8, 4) is 0 Å². The van der Waals surface area contributed by atoms with Crippen molar-refractivity contribution in [3.63, 3.8) is 0 Å². The van der Waals surface area contributed by atoms with Gasteiger partial charge in [-0.15, -0.1) is 0 Å². The van der Waals surface area contributed by atoms with Gasteiger partial charge in [-0.3, -0.25) is 0 Å². The fourth-order valence-corrected chi connectivity index (χ4v) is 1.63. The van der Waals surface area contributed by atoms with Crippen LogP contribution in [0, 0.1) is 5.92 Å². The van der Waals surface area contributed by atoms with E-state index in [0.29, 0.717) is 6.04 Å². The molecule has 0 saturated heterocycles. The van der Waals surface area contributed by atoms with E-state index in [1.54, 1.807) is 0 Å². The average Bonchev–Trinajstić information content (AvgIpc) is 2.34. The molecule has 0 aliphatic heterocycles. The zero-order valence-electron chi connectivity index (χ0n) is 11.3. The van der Waals surface area contributed by atoms with Crippen molar-refractivity contribution < 1.29 is 4.74 Å². The third-order valence-electron chi connectivity index (χ3n) is 2.84. The number of nitrogens with one attached hydrogen (secondary N) is 1. The quantitative estimate of drug-likeness (QED) is 0.697. The zero-order valence-corrected chi connectivity index (χ0v) is 11.3. The van der Waals surface area contributed by atoms with Gasteiger partial charge in [0.15, 0.2) is 0 Å². The summed E-state index contributed by atoms with van der Waals surface area (Å²) in [5.41, 5.74) is 1.33.